The van der Waals surface area contributed by atoms with Gasteiger partial charge in [0.1, 0.15) is 5.75 Å². The Bertz CT molecular complexity index is 371. The van der Waals surface area contributed by atoms with Crippen molar-refractivity contribution in [1.29, 1.82) is 0 Å². The summed E-state index contributed by atoms with van der Waals surface area (Å²) in [6.07, 6.45) is 4.97. The maximum Gasteiger partial charge on any atom is 0.123 e. The monoisotopic (exact) mass is 205 g/mol. The number of rotatable bonds is 2. The van der Waals surface area contributed by atoms with Crippen LogP contribution in [0.25, 0.3) is 0 Å². The smallest absolute Gasteiger partial charge is 0.123 e. The molecule has 0 atom stereocenters. The molecule has 2 N–H and O–H groups in total. The summed E-state index contributed by atoms with van der Waals surface area (Å²) in [5.74, 6) is 0.968. The highest BCUT2D eigenvalue weighted by Gasteiger charge is 2.18. The lowest BCUT2D eigenvalue weighted by Gasteiger charge is -2.23. The average molecular weight is 205 g/mol. The highest BCUT2D eigenvalue weighted by Crippen LogP contribution is 2.33. The van der Waals surface area contributed by atoms with Crippen LogP contribution in [0.15, 0.2) is 6.07 Å². The molecule has 2 rings (SSSR count). The molecule has 0 saturated carbocycles. The Hall–Kier alpha value is -1.02. The summed E-state index contributed by atoms with van der Waals surface area (Å²) in [4.78, 5) is 0. The molecule has 15 heavy (non-hydrogen) atoms. The molecule has 82 valence electrons. The van der Waals surface area contributed by atoms with Crippen LogP contribution in [0.3, 0.4) is 0 Å². The molecule has 2 heteroatoms. The number of nitrogens with two attached hydrogens (primary N) is 1. The molecule has 0 bridgehead atoms. The van der Waals surface area contributed by atoms with E-state index in [1.165, 1.54) is 47.9 Å². The molecule has 1 aliphatic carbocycles. The van der Waals surface area contributed by atoms with Gasteiger partial charge in [-0.15, -0.1) is 0 Å². The first kappa shape index (κ1) is 10.5. The third-order valence-electron chi connectivity index (χ3n) is 3.38. The summed E-state index contributed by atoms with van der Waals surface area (Å²) in [6, 6.07) is 2.13. The minimum absolute atomic E-state index is 0.589. The van der Waals surface area contributed by atoms with Crippen molar-refractivity contribution in [3.8, 4) is 5.75 Å². The number of fused-ring (bicyclic) bond motifs is 1. The lowest BCUT2D eigenvalue weighted by Crippen LogP contribution is -2.12. The zero-order valence-electron chi connectivity index (χ0n) is 9.60. The van der Waals surface area contributed by atoms with E-state index in [4.69, 9.17) is 10.5 Å². The van der Waals surface area contributed by atoms with Crippen LogP contribution < -0.4 is 10.5 Å². The van der Waals surface area contributed by atoms with Gasteiger partial charge in [-0.3, -0.25) is 0 Å². The molecular weight excluding hydrogens is 186 g/mol. The molecule has 0 heterocycles. The van der Waals surface area contributed by atoms with Crippen LogP contribution in [0.5, 0.6) is 5.75 Å². The van der Waals surface area contributed by atoms with E-state index in [0.717, 1.165) is 5.75 Å². The molecule has 0 saturated heterocycles. The fourth-order valence-corrected chi connectivity index (χ4v) is 2.60. The van der Waals surface area contributed by atoms with Crippen LogP contribution in [-0.2, 0) is 19.4 Å². The number of hydrogen-bond donors (Lipinski definition) is 1. The van der Waals surface area contributed by atoms with Crippen LogP contribution in [0.2, 0.25) is 0 Å². The highest BCUT2D eigenvalue weighted by molar-refractivity contribution is 5.50. The van der Waals surface area contributed by atoms with E-state index in [1.54, 1.807) is 7.11 Å². The van der Waals surface area contributed by atoms with E-state index in [1.807, 2.05) is 0 Å². The standard InChI is InChI=1S/C13H19NO/c1-9-7-13(15-2)12(8-14)11-6-4-3-5-10(9)11/h7H,3-6,8,14H2,1-2H3. The summed E-state index contributed by atoms with van der Waals surface area (Å²) < 4.78 is 5.40. The molecule has 0 spiro atoms. The molecule has 2 nitrogen and oxygen atoms in total. The van der Waals surface area contributed by atoms with E-state index in [9.17, 15) is 0 Å². The molecular formula is C13H19NO. The van der Waals surface area contributed by atoms with Crippen LogP contribution in [0, 0.1) is 6.92 Å². The summed E-state index contributed by atoms with van der Waals surface area (Å²) in [5.41, 5.74) is 11.4. The zero-order valence-corrected chi connectivity index (χ0v) is 9.60. The molecule has 1 aromatic carbocycles. The summed E-state index contributed by atoms with van der Waals surface area (Å²) in [5, 5.41) is 0. The lowest BCUT2D eigenvalue weighted by molar-refractivity contribution is 0.407. The molecule has 0 aromatic heterocycles. The van der Waals surface area contributed by atoms with E-state index < -0.39 is 0 Å². The molecule has 0 aliphatic heterocycles. The SMILES string of the molecule is COc1cc(C)c2c(c1CN)CCCC2. The van der Waals surface area contributed by atoms with Crippen LogP contribution in [0.1, 0.15) is 35.1 Å². The van der Waals surface area contributed by atoms with E-state index >= 15 is 0 Å². The molecule has 0 fully saturated rings. The lowest BCUT2D eigenvalue weighted by atomic mass is 9.85. The van der Waals surface area contributed by atoms with Gasteiger partial charge >= 0.3 is 0 Å². The van der Waals surface area contributed by atoms with Crippen LogP contribution in [0.4, 0.5) is 0 Å². The number of ether oxygens (including phenoxy) is 1. The molecule has 1 aliphatic rings. The second-order valence-electron chi connectivity index (χ2n) is 4.24. The molecule has 0 unspecified atom stereocenters. The first-order valence-electron chi connectivity index (χ1n) is 5.66. The fraction of sp³-hybridized carbons (Fsp3) is 0.538. The molecule has 0 amide bonds. The third-order valence-corrected chi connectivity index (χ3v) is 3.38. The Balaban J connectivity index is 2.59. The zero-order chi connectivity index (χ0) is 10.8. The van der Waals surface area contributed by atoms with Crippen molar-refractivity contribution in [2.45, 2.75) is 39.2 Å². The highest BCUT2D eigenvalue weighted by atomic mass is 16.5. The predicted molar refractivity (Wildman–Crippen MR) is 62.3 cm³/mol. The number of benzene rings is 1. The quantitative estimate of drug-likeness (QED) is 0.804. The second-order valence-corrected chi connectivity index (χ2v) is 4.24. The van der Waals surface area contributed by atoms with E-state index in [0.29, 0.717) is 6.54 Å². The normalized spacial score (nSPS) is 14.9. The summed E-state index contributed by atoms with van der Waals surface area (Å²) in [7, 11) is 1.73. The fourth-order valence-electron chi connectivity index (χ4n) is 2.60. The molecule has 1 aromatic rings. The Kier molecular flexibility index (Phi) is 2.96. The minimum atomic E-state index is 0.589. The van der Waals surface area contributed by atoms with Gasteiger partial charge in [0.25, 0.3) is 0 Å². The first-order valence-corrected chi connectivity index (χ1v) is 5.66. The third kappa shape index (κ3) is 1.74. The largest absolute Gasteiger partial charge is 0.496 e. The number of methoxy groups -OCH3 is 1. The van der Waals surface area contributed by atoms with Crippen molar-refractivity contribution in [3.05, 3.63) is 28.3 Å². The van der Waals surface area contributed by atoms with Gasteiger partial charge in [0, 0.05) is 12.1 Å². The maximum atomic E-state index is 5.82. The Morgan fingerprint density at radius 1 is 1.27 bits per heavy atom. The number of hydrogen-bond acceptors (Lipinski definition) is 2. The Labute approximate surface area is 91.4 Å². The van der Waals surface area contributed by atoms with Crippen LogP contribution in [-0.4, -0.2) is 7.11 Å². The van der Waals surface area contributed by atoms with Crippen molar-refractivity contribution in [2.24, 2.45) is 5.73 Å². The van der Waals surface area contributed by atoms with Crippen LogP contribution >= 0.6 is 0 Å². The average Bonchev–Trinajstić information content (AvgIpc) is 2.29. The maximum absolute atomic E-state index is 5.82. The van der Waals surface area contributed by atoms with Gasteiger partial charge in [0.05, 0.1) is 7.11 Å². The first-order chi connectivity index (χ1) is 7.27. The van der Waals surface area contributed by atoms with Gasteiger partial charge in [-0.1, -0.05) is 0 Å². The van der Waals surface area contributed by atoms with Crippen molar-refractivity contribution in [3.63, 3.8) is 0 Å². The van der Waals surface area contributed by atoms with Gasteiger partial charge in [0.2, 0.25) is 0 Å². The van der Waals surface area contributed by atoms with Crippen molar-refractivity contribution in [1.82, 2.24) is 0 Å². The van der Waals surface area contributed by atoms with Crippen molar-refractivity contribution in [2.75, 3.05) is 7.11 Å². The number of aryl methyl sites for hydroxylation is 1. The van der Waals surface area contributed by atoms with Crippen molar-refractivity contribution >= 4 is 0 Å². The summed E-state index contributed by atoms with van der Waals surface area (Å²) in [6.45, 7) is 2.76. The topological polar surface area (TPSA) is 35.2 Å². The van der Waals surface area contributed by atoms with Gasteiger partial charge in [-0.25, -0.2) is 0 Å². The Morgan fingerprint density at radius 2 is 1.93 bits per heavy atom. The van der Waals surface area contributed by atoms with Crippen molar-refractivity contribution < 1.29 is 4.74 Å². The van der Waals surface area contributed by atoms with E-state index in [-0.39, 0.29) is 0 Å². The van der Waals surface area contributed by atoms with Gasteiger partial charge in [-0.05, 0) is 55.4 Å². The second kappa shape index (κ2) is 4.23. The minimum Gasteiger partial charge on any atom is -0.496 e. The Morgan fingerprint density at radius 3 is 2.53 bits per heavy atom. The molecule has 0 radical (unpaired) electrons. The summed E-state index contributed by atoms with van der Waals surface area (Å²) >= 11 is 0. The van der Waals surface area contributed by atoms with Gasteiger partial charge < -0.3 is 10.5 Å². The predicted octanol–water partition coefficient (Wildman–Crippen LogP) is 2.34. The van der Waals surface area contributed by atoms with E-state index in [2.05, 4.69) is 13.0 Å². The van der Waals surface area contributed by atoms with Gasteiger partial charge in [-0.2, -0.15) is 0 Å². The van der Waals surface area contributed by atoms with Gasteiger partial charge in [0.15, 0.2) is 0 Å².